The van der Waals surface area contributed by atoms with Crippen LogP contribution in [0.25, 0.3) is 11.0 Å². The van der Waals surface area contributed by atoms with Gasteiger partial charge in [-0.1, -0.05) is 11.6 Å². The fourth-order valence-electron chi connectivity index (χ4n) is 3.19. The van der Waals surface area contributed by atoms with Crippen LogP contribution in [0.3, 0.4) is 0 Å². The Bertz CT molecular complexity index is 1210. The predicted octanol–water partition coefficient (Wildman–Crippen LogP) is 2.36. The molecule has 1 aliphatic rings. The average molecular weight is 439 g/mol. The third-order valence-corrected chi connectivity index (χ3v) is 6.86. The van der Waals surface area contributed by atoms with Crippen molar-refractivity contribution in [1.29, 1.82) is 0 Å². The van der Waals surface area contributed by atoms with Crippen molar-refractivity contribution in [3.63, 3.8) is 0 Å². The molecule has 1 aromatic heterocycles. The summed E-state index contributed by atoms with van der Waals surface area (Å²) in [6.07, 6.45) is 0.956. The largest absolute Gasteiger partial charge is 0.392 e. The Morgan fingerprint density at radius 1 is 1.34 bits per heavy atom. The van der Waals surface area contributed by atoms with Crippen LogP contribution in [-0.2, 0) is 10.0 Å². The molecule has 3 N–H and O–H groups in total. The van der Waals surface area contributed by atoms with Gasteiger partial charge in [-0.3, -0.25) is 4.79 Å². The van der Waals surface area contributed by atoms with Crippen molar-refractivity contribution in [2.75, 3.05) is 18.4 Å². The molecule has 2 heterocycles. The summed E-state index contributed by atoms with van der Waals surface area (Å²) in [5, 5.41) is 12.1. The third-order valence-electron chi connectivity index (χ3n) is 4.68. The number of H-pyrrole nitrogens is 1. The number of hydrogen-bond acceptors (Lipinski definition) is 5. The molecule has 1 atom stereocenters. The highest BCUT2D eigenvalue weighted by Gasteiger charge is 2.33. The van der Waals surface area contributed by atoms with E-state index in [1.165, 1.54) is 34.9 Å². The number of rotatable bonds is 4. The maximum absolute atomic E-state index is 13.3. The lowest BCUT2D eigenvalue weighted by Crippen LogP contribution is -2.30. The Balaban J connectivity index is 1.72. The van der Waals surface area contributed by atoms with Crippen LogP contribution < -0.4 is 5.32 Å². The van der Waals surface area contributed by atoms with Gasteiger partial charge in [0.15, 0.2) is 0 Å². The van der Waals surface area contributed by atoms with Gasteiger partial charge in [0.05, 0.1) is 28.5 Å². The highest BCUT2D eigenvalue weighted by atomic mass is 35.5. The van der Waals surface area contributed by atoms with E-state index >= 15 is 0 Å². The lowest BCUT2D eigenvalue weighted by molar-refractivity contribution is 0.102. The summed E-state index contributed by atoms with van der Waals surface area (Å²) < 4.78 is 40.7. The number of halogens is 2. The maximum Gasteiger partial charge on any atom is 0.255 e. The van der Waals surface area contributed by atoms with E-state index in [4.69, 9.17) is 11.6 Å². The molecule has 1 unspecified atom stereocenters. The van der Waals surface area contributed by atoms with Crippen molar-refractivity contribution in [1.82, 2.24) is 14.3 Å². The predicted molar refractivity (Wildman–Crippen MR) is 105 cm³/mol. The number of anilines is 1. The van der Waals surface area contributed by atoms with Crippen molar-refractivity contribution < 1.29 is 22.7 Å². The van der Waals surface area contributed by atoms with Crippen LogP contribution in [0.5, 0.6) is 0 Å². The van der Waals surface area contributed by atoms with Gasteiger partial charge in [0.2, 0.25) is 10.0 Å². The lowest BCUT2D eigenvalue weighted by atomic mass is 10.2. The van der Waals surface area contributed by atoms with Crippen LogP contribution in [0, 0.1) is 5.82 Å². The molecule has 152 valence electrons. The summed E-state index contributed by atoms with van der Waals surface area (Å²) in [5.74, 6) is -1.22. The van der Waals surface area contributed by atoms with Crippen LogP contribution >= 0.6 is 11.6 Å². The summed E-state index contributed by atoms with van der Waals surface area (Å²) >= 11 is 5.73. The van der Waals surface area contributed by atoms with E-state index in [0.29, 0.717) is 11.9 Å². The first-order valence-corrected chi connectivity index (χ1v) is 10.5. The summed E-state index contributed by atoms with van der Waals surface area (Å²) in [6, 6.07) is 6.41. The number of amides is 1. The molecule has 0 bridgehead atoms. The second-order valence-corrected chi connectivity index (χ2v) is 8.97. The zero-order chi connectivity index (χ0) is 20.8. The van der Waals surface area contributed by atoms with Gasteiger partial charge >= 0.3 is 0 Å². The van der Waals surface area contributed by atoms with Crippen molar-refractivity contribution in [2.24, 2.45) is 0 Å². The number of aliphatic hydroxyl groups excluding tert-OH is 1. The minimum atomic E-state index is -3.96. The van der Waals surface area contributed by atoms with Gasteiger partial charge in [-0.25, -0.2) is 17.8 Å². The third kappa shape index (κ3) is 3.71. The quantitative estimate of drug-likeness (QED) is 0.578. The Labute approximate surface area is 170 Å². The molecular weight excluding hydrogens is 423 g/mol. The van der Waals surface area contributed by atoms with E-state index in [-0.39, 0.29) is 39.8 Å². The Hall–Kier alpha value is -2.53. The second kappa shape index (κ2) is 7.38. The lowest BCUT2D eigenvalue weighted by Gasteiger charge is -2.17. The highest BCUT2D eigenvalue weighted by Crippen LogP contribution is 2.28. The Morgan fingerprint density at radius 3 is 2.83 bits per heavy atom. The number of hydrogen-bond donors (Lipinski definition) is 3. The summed E-state index contributed by atoms with van der Waals surface area (Å²) in [4.78, 5) is 19.4. The van der Waals surface area contributed by atoms with Crippen LogP contribution in [0.15, 0.2) is 41.6 Å². The molecular formula is C18H16ClFN4O4S. The molecule has 2 aromatic carbocycles. The molecule has 1 aliphatic heterocycles. The van der Waals surface area contributed by atoms with Gasteiger partial charge in [0.1, 0.15) is 10.7 Å². The average Bonchev–Trinajstić information content (AvgIpc) is 3.32. The number of sulfonamides is 1. The first-order valence-electron chi connectivity index (χ1n) is 8.67. The maximum atomic E-state index is 13.3. The van der Waals surface area contributed by atoms with E-state index in [1.54, 1.807) is 0 Å². The molecule has 0 radical (unpaired) electrons. The summed E-state index contributed by atoms with van der Waals surface area (Å²) in [6.45, 7) is 0.173. The monoisotopic (exact) mass is 438 g/mol. The van der Waals surface area contributed by atoms with Gasteiger partial charge in [-0.05, 0) is 36.8 Å². The SMILES string of the molecule is O=C(Nc1ccc(F)c(Cl)c1)c1cc(S(=O)(=O)N2CCC(O)C2)c2[nH]cnc2c1. The standard InChI is InChI=1S/C18H16ClFN4O4S/c19-13-7-11(1-2-14(13)20)23-18(26)10-5-15-17(22-9-21-15)16(6-10)29(27,28)24-4-3-12(25)8-24/h1-2,5-7,9,12,25H,3-4,8H2,(H,21,22)(H,23,26). The van der Waals surface area contributed by atoms with Crippen LogP contribution in [0.1, 0.15) is 16.8 Å². The number of carbonyl (C=O) groups excluding carboxylic acids is 1. The second-order valence-electron chi connectivity index (χ2n) is 6.66. The number of imidazole rings is 1. The minimum Gasteiger partial charge on any atom is -0.392 e. The fraction of sp³-hybridized carbons (Fsp3) is 0.222. The van der Waals surface area contributed by atoms with Gasteiger partial charge in [-0.2, -0.15) is 4.31 Å². The molecule has 0 spiro atoms. The molecule has 0 aliphatic carbocycles. The fourth-order valence-corrected chi connectivity index (χ4v) is 5.06. The van der Waals surface area contributed by atoms with E-state index in [1.807, 2.05) is 0 Å². The molecule has 3 aromatic rings. The molecule has 8 nitrogen and oxygen atoms in total. The molecule has 29 heavy (non-hydrogen) atoms. The molecule has 1 saturated heterocycles. The molecule has 1 amide bonds. The number of carbonyl (C=O) groups is 1. The van der Waals surface area contributed by atoms with Crippen molar-refractivity contribution in [2.45, 2.75) is 17.4 Å². The normalized spacial score (nSPS) is 17.7. The number of aliphatic hydroxyl groups is 1. The summed E-state index contributed by atoms with van der Waals surface area (Å²) in [5.41, 5.74) is 0.889. The number of aromatic nitrogens is 2. The molecule has 4 rings (SSSR count). The van der Waals surface area contributed by atoms with Gasteiger partial charge in [-0.15, -0.1) is 0 Å². The first-order chi connectivity index (χ1) is 13.8. The van der Waals surface area contributed by atoms with Gasteiger partial charge < -0.3 is 15.4 Å². The topological polar surface area (TPSA) is 115 Å². The molecule has 0 saturated carbocycles. The number of nitrogens with one attached hydrogen (secondary N) is 2. The Kier molecular flexibility index (Phi) is 5.03. The number of fused-ring (bicyclic) bond motifs is 1. The number of benzene rings is 2. The minimum absolute atomic E-state index is 0.0114. The number of nitrogens with zero attached hydrogens (tertiary/aromatic N) is 2. The number of β-amino-alcohol motifs (C(OH)–C–C–N with tert-alkyl or cyclic N) is 1. The van der Waals surface area contributed by atoms with E-state index in [9.17, 15) is 22.7 Å². The zero-order valence-electron chi connectivity index (χ0n) is 14.9. The molecule has 1 fully saturated rings. The van der Waals surface area contributed by atoms with Gasteiger partial charge in [0.25, 0.3) is 5.91 Å². The van der Waals surface area contributed by atoms with Crippen LogP contribution in [0.4, 0.5) is 10.1 Å². The first kappa shape index (κ1) is 19.8. The van der Waals surface area contributed by atoms with Crippen molar-refractivity contribution in [3.05, 3.63) is 53.1 Å². The number of aromatic amines is 1. The van der Waals surface area contributed by atoms with Crippen molar-refractivity contribution in [3.8, 4) is 0 Å². The Morgan fingerprint density at radius 2 is 2.14 bits per heavy atom. The van der Waals surface area contributed by atoms with E-state index in [2.05, 4.69) is 15.3 Å². The van der Waals surface area contributed by atoms with Crippen LogP contribution in [-0.4, -0.2) is 52.9 Å². The smallest absolute Gasteiger partial charge is 0.255 e. The van der Waals surface area contributed by atoms with Gasteiger partial charge in [0, 0.05) is 24.3 Å². The highest BCUT2D eigenvalue weighted by molar-refractivity contribution is 7.89. The van der Waals surface area contributed by atoms with Crippen molar-refractivity contribution >= 4 is 44.3 Å². The van der Waals surface area contributed by atoms with E-state index in [0.717, 1.165) is 6.07 Å². The summed E-state index contributed by atoms with van der Waals surface area (Å²) in [7, 11) is -3.96. The van der Waals surface area contributed by atoms with Crippen LogP contribution in [0.2, 0.25) is 5.02 Å². The molecule has 11 heteroatoms. The van der Waals surface area contributed by atoms with E-state index < -0.39 is 27.9 Å². The zero-order valence-corrected chi connectivity index (χ0v) is 16.5.